The summed E-state index contributed by atoms with van der Waals surface area (Å²) in [5.74, 6) is -1.44. The Kier molecular flexibility index (Phi) is 3.22. The zero-order valence-electron chi connectivity index (χ0n) is 7.86. The predicted octanol–water partition coefficient (Wildman–Crippen LogP) is 3.48. The maximum atomic E-state index is 12.5. The van der Waals surface area contributed by atoms with Gasteiger partial charge in [-0.2, -0.15) is 18.4 Å². The van der Waals surface area contributed by atoms with Gasteiger partial charge in [-0.3, -0.25) is 0 Å². The van der Waals surface area contributed by atoms with Crippen LogP contribution in [0, 0.1) is 11.3 Å². The zero-order chi connectivity index (χ0) is 13.3. The van der Waals surface area contributed by atoms with Gasteiger partial charge in [0.2, 0.25) is 0 Å². The van der Waals surface area contributed by atoms with Crippen molar-refractivity contribution in [3.63, 3.8) is 0 Å². The molecule has 2 nitrogen and oxygen atoms in total. The lowest BCUT2D eigenvalue weighted by Crippen LogP contribution is -2.20. The average molecular weight is 255 g/mol. The molecule has 0 N–H and O–H groups in total. The Morgan fingerprint density at radius 2 is 1.65 bits per heavy atom. The SMILES string of the molecule is N#Cc1cccc(OC(F)(F)F)c1C(F)(F)F. The summed E-state index contributed by atoms with van der Waals surface area (Å²) >= 11 is 0. The highest BCUT2D eigenvalue weighted by Crippen LogP contribution is 2.40. The predicted molar refractivity (Wildman–Crippen MR) is 42.8 cm³/mol. The number of nitrogens with zero attached hydrogens (tertiary/aromatic N) is 1. The monoisotopic (exact) mass is 255 g/mol. The fraction of sp³-hybridized carbons (Fsp3) is 0.222. The molecule has 0 bridgehead atoms. The second-order valence-corrected chi connectivity index (χ2v) is 2.84. The lowest BCUT2D eigenvalue weighted by Gasteiger charge is -2.15. The first kappa shape index (κ1) is 13.2. The minimum Gasteiger partial charge on any atom is -0.405 e. The van der Waals surface area contributed by atoms with E-state index in [1.54, 1.807) is 0 Å². The molecule has 0 aliphatic carbocycles. The van der Waals surface area contributed by atoms with Crippen LogP contribution >= 0.6 is 0 Å². The first-order chi connectivity index (χ1) is 7.65. The molecule has 0 amide bonds. The normalized spacial score (nSPS) is 12.1. The Morgan fingerprint density at radius 1 is 1.06 bits per heavy atom. The third-order valence-corrected chi connectivity index (χ3v) is 1.66. The van der Waals surface area contributed by atoms with E-state index in [2.05, 4.69) is 4.74 Å². The highest BCUT2D eigenvalue weighted by atomic mass is 19.4. The number of rotatable bonds is 1. The van der Waals surface area contributed by atoms with Gasteiger partial charge in [0.25, 0.3) is 0 Å². The molecule has 92 valence electrons. The van der Waals surface area contributed by atoms with Gasteiger partial charge in [-0.25, -0.2) is 0 Å². The van der Waals surface area contributed by atoms with Crippen molar-refractivity contribution < 1.29 is 31.1 Å². The van der Waals surface area contributed by atoms with Gasteiger partial charge >= 0.3 is 12.5 Å². The van der Waals surface area contributed by atoms with E-state index in [4.69, 9.17) is 5.26 Å². The third kappa shape index (κ3) is 3.27. The molecule has 0 fully saturated rings. The first-order valence-corrected chi connectivity index (χ1v) is 4.01. The van der Waals surface area contributed by atoms with Gasteiger partial charge in [0.15, 0.2) is 0 Å². The molecular formula is C9H3F6NO. The van der Waals surface area contributed by atoms with Crippen molar-refractivity contribution in [1.29, 1.82) is 5.26 Å². The van der Waals surface area contributed by atoms with Crippen LogP contribution in [0.25, 0.3) is 0 Å². The standard InChI is InChI=1S/C9H3F6NO/c10-8(11,12)7-5(4-16)2-1-3-6(7)17-9(13,14)15/h1-3H. The number of halogens is 6. The van der Waals surface area contributed by atoms with Crippen LogP contribution in [0.1, 0.15) is 11.1 Å². The van der Waals surface area contributed by atoms with E-state index in [1.807, 2.05) is 0 Å². The van der Waals surface area contributed by atoms with Crippen molar-refractivity contribution in [2.75, 3.05) is 0 Å². The summed E-state index contributed by atoms with van der Waals surface area (Å²) in [5.41, 5.74) is -2.67. The van der Waals surface area contributed by atoms with E-state index < -0.39 is 29.4 Å². The van der Waals surface area contributed by atoms with Crippen molar-refractivity contribution in [3.8, 4) is 11.8 Å². The number of alkyl halides is 6. The van der Waals surface area contributed by atoms with Gasteiger partial charge in [-0.15, -0.1) is 13.2 Å². The van der Waals surface area contributed by atoms with Crippen molar-refractivity contribution in [2.24, 2.45) is 0 Å². The Balaban J connectivity index is 3.37. The maximum absolute atomic E-state index is 12.5. The largest absolute Gasteiger partial charge is 0.573 e. The van der Waals surface area contributed by atoms with Crippen LogP contribution < -0.4 is 4.74 Å². The van der Waals surface area contributed by atoms with Crippen LogP contribution in [0.2, 0.25) is 0 Å². The number of hydrogen-bond acceptors (Lipinski definition) is 2. The fourth-order valence-corrected chi connectivity index (χ4v) is 1.13. The Labute approximate surface area is 91.0 Å². The molecule has 0 heterocycles. The first-order valence-electron chi connectivity index (χ1n) is 4.01. The van der Waals surface area contributed by atoms with Gasteiger partial charge in [-0.1, -0.05) is 6.07 Å². The lowest BCUT2D eigenvalue weighted by molar-refractivity contribution is -0.276. The van der Waals surface area contributed by atoms with Gasteiger partial charge < -0.3 is 4.74 Å². The van der Waals surface area contributed by atoms with Crippen LogP contribution in [-0.2, 0) is 6.18 Å². The smallest absolute Gasteiger partial charge is 0.405 e. The number of ether oxygens (including phenoxy) is 1. The molecule has 1 aromatic carbocycles. The summed E-state index contributed by atoms with van der Waals surface area (Å²) < 4.78 is 76.3. The van der Waals surface area contributed by atoms with Crippen molar-refractivity contribution in [1.82, 2.24) is 0 Å². The molecule has 0 unspecified atom stereocenters. The quantitative estimate of drug-likeness (QED) is 0.720. The van der Waals surface area contributed by atoms with Crippen molar-refractivity contribution in [3.05, 3.63) is 29.3 Å². The van der Waals surface area contributed by atoms with Gasteiger partial charge in [0.1, 0.15) is 11.3 Å². The van der Waals surface area contributed by atoms with E-state index in [-0.39, 0.29) is 0 Å². The Morgan fingerprint density at radius 3 is 2.06 bits per heavy atom. The molecule has 1 aromatic rings. The molecule has 0 aliphatic heterocycles. The lowest BCUT2D eigenvalue weighted by atomic mass is 10.1. The summed E-state index contributed by atoms with van der Waals surface area (Å²) in [6, 6.07) is 3.28. The van der Waals surface area contributed by atoms with Gasteiger partial charge in [-0.05, 0) is 12.1 Å². The van der Waals surface area contributed by atoms with E-state index in [9.17, 15) is 26.3 Å². The molecule has 17 heavy (non-hydrogen) atoms. The van der Waals surface area contributed by atoms with Crippen LogP contribution in [0.5, 0.6) is 5.75 Å². The Bertz CT molecular complexity index is 456. The second-order valence-electron chi connectivity index (χ2n) is 2.84. The maximum Gasteiger partial charge on any atom is 0.573 e. The van der Waals surface area contributed by atoms with Gasteiger partial charge in [0.05, 0.1) is 11.6 Å². The molecule has 0 spiro atoms. The minimum absolute atomic E-state index is 0.497. The summed E-state index contributed by atoms with van der Waals surface area (Å²) in [6.45, 7) is 0. The van der Waals surface area contributed by atoms with Crippen LogP contribution in [0.3, 0.4) is 0 Å². The topological polar surface area (TPSA) is 33.0 Å². The molecule has 0 aliphatic rings. The molecule has 1 rings (SSSR count). The molecule has 0 saturated carbocycles. The highest BCUT2D eigenvalue weighted by Gasteiger charge is 2.41. The molecule has 0 saturated heterocycles. The molecule has 8 heteroatoms. The Hall–Kier alpha value is -1.91. The highest BCUT2D eigenvalue weighted by molar-refractivity contribution is 5.48. The fourth-order valence-electron chi connectivity index (χ4n) is 1.13. The number of hydrogen-bond donors (Lipinski definition) is 0. The van der Waals surface area contributed by atoms with E-state index in [0.29, 0.717) is 6.07 Å². The molecule has 0 atom stereocenters. The number of nitriles is 1. The van der Waals surface area contributed by atoms with Crippen LogP contribution in [0.15, 0.2) is 18.2 Å². The van der Waals surface area contributed by atoms with E-state index >= 15 is 0 Å². The van der Waals surface area contributed by atoms with Crippen LogP contribution in [0.4, 0.5) is 26.3 Å². The third-order valence-electron chi connectivity index (χ3n) is 1.66. The molecule has 0 aromatic heterocycles. The minimum atomic E-state index is -5.26. The number of benzene rings is 1. The van der Waals surface area contributed by atoms with E-state index in [0.717, 1.165) is 18.2 Å². The average Bonchev–Trinajstić information content (AvgIpc) is 2.12. The second kappa shape index (κ2) is 4.16. The van der Waals surface area contributed by atoms with Crippen molar-refractivity contribution >= 4 is 0 Å². The summed E-state index contributed by atoms with van der Waals surface area (Å²) in [5, 5.41) is 8.42. The zero-order valence-corrected chi connectivity index (χ0v) is 7.86. The summed E-state index contributed by atoms with van der Waals surface area (Å²) in [7, 11) is 0. The van der Waals surface area contributed by atoms with Crippen LogP contribution in [-0.4, -0.2) is 6.36 Å². The molecular weight excluding hydrogens is 252 g/mol. The summed E-state index contributed by atoms with van der Waals surface area (Å²) in [4.78, 5) is 0. The van der Waals surface area contributed by atoms with Gasteiger partial charge in [0, 0.05) is 0 Å². The van der Waals surface area contributed by atoms with E-state index in [1.165, 1.54) is 0 Å². The van der Waals surface area contributed by atoms with Crippen molar-refractivity contribution in [2.45, 2.75) is 12.5 Å². The summed E-state index contributed by atoms with van der Waals surface area (Å²) in [6.07, 6.45) is -10.4. The molecule has 0 radical (unpaired) electrons.